The van der Waals surface area contributed by atoms with Gasteiger partial charge in [0.15, 0.2) is 6.10 Å². The highest BCUT2D eigenvalue weighted by Gasteiger charge is 2.27. The molecule has 1 N–H and O–H groups in total. The van der Waals surface area contributed by atoms with Gasteiger partial charge in [-0.25, -0.2) is 4.57 Å². The number of carbonyl (C=O) groups excluding carboxylic acids is 2. The van der Waals surface area contributed by atoms with Crippen molar-refractivity contribution in [3.63, 3.8) is 0 Å². The Kier molecular flexibility index (Phi) is 29.5. The molecule has 0 fully saturated rings. The average molecular weight is 717 g/mol. The third kappa shape index (κ3) is 34.5. The molecule has 50 heavy (non-hydrogen) atoms. The molecule has 0 aromatic carbocycles. The molecule has 0 rings (SSSR count). The average Bonchev–Trinajstić information content (AvgIpc) is 3.06. The van der Waals surface area contributed by atoms with Crippen molar-refractivity contribution in [3.8, 4) is 0 Å². The first-order valence-corrected chi connectivity index (χ1v) is 19.2. The van der Waals surface area contributed by atoms with Crippen LogP contribution in [0, 0.1) is 0 Å². The van der Waals surface area contributed by atoms with Crippen LogP contribution in [0.25, 0.3) is 0 Å². The van der Waals surface area contributed by atoms with Crippen LogP contribution in [-0.4, -0.2) is 74.9 Å². The Balaban J connectivity index is 4.72. The number of hydrogen-bond acceptors (Lipinski definition) is 7. The fourth-order valence-electron chi connectivity index (χ4n) is 3.76. The first kappa shape index (κ1) is 46.7. The normalized spacial score (nSPS) is 15.1. The van der Waals surface area contributed by atoms with E-state index in [1.165, 1.54) is 0 Å². The quantitative estimate of drug-likeness (QED) is 0.0268. The van der Waals surface area contributed by atoms with Gasteiger partial charge in [0.05, 0.1) is 27.7 Å². The molecule has 2 unspecified atom stereocenters. The van der Waals surface area contributed by atoms with Crippen LogP contribution in [-0.2, 0) is 32.7 Å². The summed E-state index contributed by atoms with van der Waals surface area (Å²) in [6, 6.07) is 0. The fourth-order valence-corrected chi connectivity index (χ4v) is 4.50. The summed E-state index contributed by atoms with van der Waals surface area (Å²) in [7, 11) is 1.38. The third-order valence-electron chi connectivity index (χ3n) is 6.52. The maximum absolute atomic E-state index is 12.6. The van der Waals surface area contributed by atoms with Crippen molar-refractivity contribution in [2.45, 2.75) is 84.2 Å². The predicted octanol–water partition coefficient (Wildman–Crippen LogP) is 9.23. The van der Waals surface area contributed by atoms with Crippen molar-refractivity contribution in [1.82, 2.24) is 0 Å². The highest BCUT2D eigenvalue weighted by atomic mass is 31.2. The molecule has 0 amide bonds. The smallest absolute Gasteiger partial charge is 0.462 e. The lowest BCUT2D eigenvalue weighted by Gasteiger charge is -2.24. The van der Waals surface area contributed by atoms with Gasteiger partial charge >= 0.3 is 19.8 Å². The molecule has 0 aromatic rings. The Hall–Kier alpha value is -3.33. The molecule has 0 aliphatic rings. The molecule has 0 bridgehead atoms. The fraction of sp³-hybridized carbons (Fsp3) is 0.500. The predicted molar refractivity (Wildman–Crippen MR) is 205 cm³/mol. The van der Waals surface area contributed by atoms with Crippen molar-refractivity contribution in [2.24, 2.45) is 0 Å². The lowest BCUT2D eigenvalue weighted by Crippen LogP contribution is -2.37. The van der Waals surface area contributed by atoms with E-state index in [9.17, 15) is 19.0 Å². The molecule has 9 nitrogen and oxygen atoms in total. The van der Waals surface area contributed by atoms with Gasteiger partial charge in [-0.05, 0) is 44.9 Å². The summed E-state index contributed by atoms with van der Waals surface area (Å²) in [6.45, 7) is 3.93. The van der Waals surface area contributed by atoms with Crippen LogP contribution in [0.3, 0.4) is 0 Å². The van der Waals surface area contributed by atoms with E-state index in [-0.39, 0.29) is 26.1 Å². The van der Waals surface area contributed by atoms with E-state index in [1.54, 1.807) is 0 Å². The Morgan fingerprint density at radius 1 is 0.620 bits per heavy atom. The first-order chi connectivity index (χ1) is 24.0. The van der Waals surface area contributed by atoms with Gasteiger partial charge < -0.3 is 18.9 Å². The Morgan fingerprint density at radius 3 is 1.62 bits per heavy atom. The summed E-state index contributed by atoms with van der Waals surface area (Å²) in [6.07, 6.45) is 41.6. The van der Waals surface area contributed by atoms with E-state index >= 15 is 0 Å². The maximum Gasteiger partial charge on any atom is 0.472 e. The van der Waals surface area contributed by atoms with Gasteiger partial charge in [-0.3, -0.25) is 18.6 Å². The third-order valence-corrected chi connectivity index (χ3v) is 7.51. The summed E-state index contributed by atoms with van der Waals surface area (Å²) >= 11 is 0. The number of rotatable bonds is 29. The second-order valence-corrected chi connectivity index (χ2v) is 13.8. The van der Waals surface area contributed by atoms with Crippen LogP contribution < -0.4 is 0 Å². The minimum Gasteiger partial charge on any atom is -0.462 e. The zero-order valence-corrected chi connectivity index (χ0v) is 32.0. The van der Waals surface area contributed by atoms with Gasteiger partial charge in [0, 0.05) is 12.8 Å². The summed E-state index contributed by atoms with van der Waals surface area (Å²) in [5, 5.41) is 0. The number of nitrogens with zero attached hydrogens (tertiary/aromatic N) is 1. The number of hydrogen-bond donors (Lipinski definition) is 1. The minimum atomic E-state index is -4.40. The molecule has 0 heterocycles. The van der Waals surface area contributed by atoms with Gasteiger partial charge in [0.1, 0.15) is 19.8 Å². The zero-order valence-electron chi connectivity index (χ0n) is 31.1. The summed E-state index contributed by atoms with van der Waals surface area (Å²) in [4.78, 5) is 35.1. The molecule has 280 valence electrons. The van der Waals surface area contributed by atoms with Crippen LogP contribution in [0.2, 0.25) is 0 Å². The molecule has 0 spiro atoms. The molecule has 0 saturated carbocycles. The van der Waals surface area contributed by atoms with Crippen LogP contribution >= 0.6 is 7.82 Å². The molecule has 0 saturated heterocycles. The second kappa shape index (κ2) is 31.6. The number of esters is 2. The summed E-state index contributed by atoms with van der Waals surface area (Å²) in [5.74, 6) is -0.950. The van der Waals surface area contributed by atoms with E-state index in [0.717, 1.165) is 32.1 Å². The molecule has 0 aliphatic heterocycles. The lowest BCUT2D eigenvalue weighted by molar-refractivity contribution is -0.870. The van der Waals surface area contributed by atoms with Crippen LogP contribution in [0.4, 0.5) is 0 Å². The largest absolute Gasteiger partial charge is 0.472 e. The molecule has 0 radical (unpaired) electrons. The van der Waals surface area contributed by atoms with Gasteiger partial charge in [0.25, 0.3) is 0 Å². The standard InChI is InChI=1S/C40H62NO8P/c1-6-8-10-12-14-16-18-20-22-24-26-28-30-32-39(42)46-36-38(37-48-50(44,45)47-35-34-41(3,4)5)49-40(43)33-31-29-27-25-23-21-19-17-15-13-11-9-7-2/h8-24,26,38H,6-7,25,27-37H2,1-5H3/p+1/b10-8+,11-9+,14-12+,15-13+,18-16+,19-17+,22-20+,23-21+,26-24+. The topological polar surface area (TPSA) is 108 Å². The minimum absolute atomic E-state index is 0.00507. The molecular formula is C40H63NO8P+. The van der Waals surface area contributed by atoms with Crippen LogP contribution in [0.15, 0.2) is 109 Å². The van der Waals surface area contributed by atoms with Crippen LogP contribution in [0.1, 0.15) is 78.1 Å². The highest BCUT2D eigenvalue weighted by Crippen LogP contribution is 2.43. The van der Waals surface area contributed by atoms with Crippen molar-refractivity contribution < 1.29 is 42.1 Å². The molecule has 0 aromatic heterocycles. The van der Waals surface area contributed by atoms with E-state index in [1.807, 2.05) is 112 Å². The highest BCUT2D eigenvalue weighted by molar-refractivity contribution is 7.47. The number of likely N-dealkylation sites (N-methyl/N-ethyl adjacent to an activating group) is 1. The van der Waals surface area contributed by atoms with Crippen LogP contribution in [0.5, 0.6) is 0 Å². The van der Waals surface area contributed by atoms with E-state index in [4.69, 9.17) is 18.5 Å². The Bertz CT molecular complexity index is 1220. The number of phosphoric ester groups is 1. The van der Waals surface area contributed by atoms with Gasteiger partial charge in [0.2, 0.25) is 0 Å². The van der Waals surface area contributed by atoms with E-state index in [0.29, 0.717) is 30.3 Å². The Morgan fingerprint density at radius 2 is 1.10 bits per heavy atom. The second-order valence-electron chi connectivity index (χ2n) is 12.4. The van der Waals surface area contributed by atoms with E-state index < -0.39 is 32.5 Å². The monoisotopic (exact) mass is 716 g/mol. The molecule has 10 heteroatoms. The SMILES string of the molecule is CC/C=C/C=C/C=C/C=C/C=C/CCCC(=O)OCC(COP(=O)(O)OCC[N+](C)(C)C)OC(=O)CCCCC/C=C/C=C/C=C/C=C/CC. The Labute approximate surface area is 302 Å². The first-order valence-electron chi connectivity index (χ1n) is 17.7. The van der Waals surface area contributed by atoms with Crippen molar-refractivity contribution in [3.05, 3.63) is 109 Å². The number of carbonyl (C=O) groups is 2. The summed E-state index contributed by atoms with van der Waals surface area (Å²) < 4.78 is 33.9. The number of unbranched alkanes of at least 4 members (excludes halogenated alkanes) is 4. The molecular weight excluding hydrogens is 653 g/mol. The van der Waals surface area contributed by atoms with Crippen molar-refractivity contribution >= 4 is 19.8 Å². The van der Waals surface area contributed by atoms with Gasteiger partial charge in [-0.15, -0.1) is 0 Å². The summed E-state index contributed by atoms with van der Waals surface area (Å²) in [5.41, 5.74) is 0. The number of quaternary nitrogens is 1. The molecule has 2 atom stereocenters. The van der Waals surface area contributed by atoms with Crippen molar-refractivity contribution in [1.29, 1.82) is 0 Å². The zero-order chi connectivity index (χ0) is 37.2. The van der Waals surface area contributed by atoms with Gasteiger partial charge in [-0.1, -0.05) is 130 Å². The number of allylic oxidation sites excluding steroid dienone is 18. The molecule has 0 aliphatic carbocycles. The maximum atomic E-state index is 12.6. The van der Waals surface area contributed by atoms with E-state index in [2.05, 4.69) is 32.1 Å². The number of phosphoric acid groups is 1. The lowest BCUT2D eigenvalue weighted by atomic mass is 10.1. The van der Waals surface area contributed by atoms with Gasteiger partial charge in [-0.2, -0.15) is 0 Å². The number of ether oxygens (including phenoxy) is 2. The van der Waals surface area contributed by atoms with Crippen molar-refractivity contribution in [2.75, 3.05) is 47.5 Å².